The van der Waals surface area contributed by atoms with Gasteiger partial charge in [-0.3, -0.25) is 9.69 Å². The molecular weight excluding hydrogens is 553 g/mol. The molecule has 2 N–H and O–H groups in total. The van der Waals surface area contributed by atoms with Gasteiger partial charge in [0.05, 0.1) is 17.4 Å². The molecule has 0 saturated carbocycles. The number of nitrogens with zero attached hydrogens (tertiary/aromatic N) is 2. The van der Waals surface area contributed by atoms with Crippen LogP contribution in [0.4, 0.5) is 5.69 Å². The SMILES string of the molecule is NC(=O)c1ccccc1N1CCCC(CS(=O)(=O)C=C2CN(C(c3ccc(Cl)cc3)c3ccc(Cl)cc3)C2)C1. The van der Waals surface area contributed by atoms with E-state index in [1.54, 1.807) is 12.1 Å². The minimum Gasteiger partial charge on any atom is -0.371 e. The van der Waals surface area contributed by atoms with Gasteiger partial charge in [0.25, 0.3) is 5.91 Å². The molecule has 0 spiro atoms. The molecule has 3 aromatic rings. The minimum absolute atomic E-state index is 0.0198. The smallest absolute Gasteiger partial charge is 0.250 e. The molecule has 5 rings (SSSR count). The van der Waals surface area contributed by atoms with Gasteiger partial charge in [-0.05, 0) is 71.9 Å². The van der Waals surface area contributed by atoms with Crippen molar-refractivity contribution in [2.75, 3.05) is 36.8 Å². The summed E-state index contributed by atoms with van der Waals surface area (Å²) in [5.74, 6) is -0.410. The Bertz CT molecular complexity index is 1420. The largest absolute Gasteiger partial charge is 0.371 e. The van der Waals surface area contributed by atoms with Crippen molar-refractivity contribution in [3.8, 4) is 0 Å². The lowest BCUT2D eigenvalue weighted by Gasteiger charge is -2.41. The third-order valence-corrected chi connectivity index (χ3v) is 9.52. The van der Waals surface area contributed by atoms with E-state index >= 15 is 0 Å². The number of sulfone groups is 1. The highest BCUT2D eigenvalue weighted by atomic mass is 35.5. The molecule has 204 valence electrons. The van der Waals surface area contributed by atoms with E-state index in [2.05, 4.69) is 9.80 Å². The lowest BCUT2D eigenvalue weighted by molar-refractivity contribution is 0.100. The van der Waals surface area contributed by atoms with Gasteiger partial charge in [-0.25, -0.2) is 8.42 Å². The third-order valence-electron chi connectivity index (χ3n) is 7.39. The van der Waals surface area contributed by atoms with Crippen molar-refractivity contribution < 1.29 is 13.2 Å². The van der Waals surface area contributed by atoms with Crippen molar-refractivity contribution >= 4 is 44.6 Å². The molecule has 9 heteroatoms. The van der Waals surface area contributed by atoms with Gasteiger partial charge < -0.3 is 10.6 Å². The summed E-state index contributed by atoms with van der Waals surface area (Å²) in [4.78, 5) is 16.2. The number of anilines is 1. The maximum absolute atomic E-state index is 13.2. The topological polar surface area (TPSA) is 83.7 Å². The first-order valence-electron chi connectivity index (χ1n) is 13.0. The van der Waals surface area contributed by atoms with Gasteiger partial charge >= 0.3 is 0 Å². The van der Waals surface area contributed by atoms with Crippen LogP contribution in [0, 0.1) is 5.92 Å². The summed E-state index contributed by atoms with van der Waals surface area (Å²) < 4.78 is 26.4. The van der Waals surface area contributed by atoms with Crippen molar-refractivity contribution in [1.82, 2.24) is 4.90 Å². The number of benzene rings is 3. The van der Waals surface area contributed by atoms with Crippen LogP contribution in [0.1, 0.15) is 40.4 Å². The zero-order valence-electron chi connectivity index (χ0n) is 21.5. The zero-order valence-corrected chi connectivity index (χ0v) is 23.8. The molecule has 3 aromatic carbocycles. The zero-order chi connectivity index (χ0) is 27.6. The average Bonchev–Trinajstić information content (AvgIpc) is 2.89. The molecule has 2 aliphatic rings. The van der Waals surface area contributed by atoms with Crippen LogP contribution in [0.3, 0.4) is 0 Å². The van der Waals surface area contributed by atoms with E-state index in [0.717, 1.165) is 41.8 Å². The van der Waals surface area contributed by atoms with E-state index < -0.39 is 15.7 Å². The summed E-state index contributed by atoms with van der Waals surface area (Å²) >= 11 is 12.2. The Morgan fingerprint density at radius 1 is 0.949 bits per heavy atom. The van der Waals surface area contributed by atoms with Crippen LogP contribution in [0.25, 0.3) is 0 Å². The van der Waals surface area contributed by atoms with Gasteiger partial charge in [0, 0.05) is 47.3 Å². The molecule has 0 bridgehead atoms. The van der Waals surface area contributed by atoms with Crippen LogP contribution < -0.4 is 10.6 Å². The van der Waals surface area contributed by atoms with Gasteiger partial charge in [0.15, 0.2) is 9.84 Å². The van der Waals surface area contributed by atoms with E-state index in [4.69, 9.17) is 28.9 Å². The van der Waals surface area contributed by atoms with E-state index in [0.29, 0.717) is 35.2 Å². The molecule has 2 heterocycles. The normalized spacial score (nSPS) is 18.2. The predicted molar refractivity (Wildman–Crippen MR) is 158 cm³/mol. The molecule has 6 nitrogen and oxygen atoms in total. The number of nitrogens with two attached hydrogens (primary N) is 1. The summed E-state index contributed by atoms with van der Waals surface area (Å²) in [6.07, 6.45) is 1.69. The van der Waals surface area contributed by atoms with E-state index in [9.17, 15) is 13.2 Å². The van der Waals surface area contributed by atoms with Crippen LogP contribution in [-0.4, -0.2) is 51.2 Å². The summed E-state index contributed by atoms with van der Waals surface area (Å²) in [6.45, 7) is 2.48. The Hall–Kier alpha value is -2.84. The number of amides is 1. The highest BCUT2D eigenvalue weighted by Crippen LogP contribution is 2.36. The Balaban J connectivity index is 1.27. The second-order valence-corrected chi connectivity index (χ2v) is 13.1. The molecule has 1 amide bonds. The van der Waals surface area contributed by atoms with Crippen LogP contribution in [0.5, 0.6) is 0 Å². The molecular formula is C30H31Cl2N3O3S. The first-order valence-corrected chi connectivity index (χ1v) is 15.5. The lowest BCUT2D eigenvalue weighted by Crippen LogP contribution is -2.43. The number of rotatable bonds is 8. The molecule has 1 unspecified atom stereocenters. The number of hydrogen-bond donors (Lipinski definition) is 1. The van der Waals surface area contributed by atoms with Crippen molar-refractivity contribution in [3.05, 3.63) is 111 Å². The van der Waals surface area contributed by atoms with Gasteiger partial charge in [0.2, 0.25) is 0 Å². The Morgan fingerprint density at radius 3 is 2.13 bits per heavy atom. The number of carbonyl (C=O) groups is 1. The Morgan fingerprint density at radius 2 is 1.54 bits per heavy atom. The van der Waals surface area contributed by atoms with Gasteiger partial charge in [-0.2, -0.15) is 0 Å². The fourth-order valence-corrected chi connectivity index (χ4v) is 7.58. The number of primary amides is 1. The number of hydrogen-bond acceptors (Lipinski definition) is 5. The van der Waals surface area contributed by atoms with E-state index in [-0.39, 0.29) is 17.7 Å². The summed E-state index contributed by atoms with van der Waals surface area (Å²) in [6, 6.07) is 22.7. The van der Waals surface area contributed by atoms with E-state index in [1.807, 2.05) is 60.7 Å². The first kappa shape index (κ1) is 27.7. The number of carbonyl (C=O) groups excluding carboxylic acids is 1. The molecule has 0 aliphatic carbocycles. The molecule has 0 radical (unpaired) electrons. The minimum atomic E-state index is -3.40. The molecule has 2 fully saturated rings. The third kappa shape index (κ3) is 6.67. The molecule has 2 saturated heterocycles. The highest BCUT2D eigenvalue weighted by molar-refractivity contribution is 7.94. The Kier molecular flexibility index (Phi) is 8.33. The number of likely N-dealkylation sites (tertiary alicyclic amines) is 1. The molecule has 0 aromatic heterocycles. The summed E-state index contributed by atoms with van der Waals surface area (Å²) in [5, 5.41) is 2.81. The number of halogens is 2. The fraction of sp³-hybridized carbons (Fsp3) is 0.300. The number of para-hydroxylation sites is 1. The molecule has 2 aliphatic heterocycles. The second-order valence-electron chi connectivity index (χ2n) is 10.4. The van der Waals surface area contributed by atoms with Crippen molar-refractivity contribution in [2.45, 2.75) is 18.9 Å². The average molecular weight is 585 g/mol. The van der Waals surface area contributed by atoms with Crippen molar-refractivity contribution in [2.24, 2.45) is 11.7 Å². The second kappa shape index (κ2) is 11.7. The van der Waals surface area contributed by atoms with E-state index in [1.165, 1.54) is 5.41 Å². The summed E-state index contributed by atoms with van der Waals surface area (Å²) in [5.41, 5.74) is 9.88. The van der Waals surface area contributed by atoms with Gasteiger partial charge in [-0.1, -0.05) is 59.6 Å². The number of piperidine rings is 1. The predicted octanol–water partition coefficient (Wildman–Crippen LogP) is 5.71. The van der Waals surface area contributed by atoms with Crippen LogP contribution >= 0.6 is 23.2 Å². The van der Waals surface area contributed by atoms with Crippen LogP contribution in [-0.2, 0) is 9.84 Å². The van der Waals surface area contributed by atoms with Crippen molar-refractivity contribution in [3.63, 3.8) is 0 Å². The first-order chi connectivity index (χ1) is 18.7. The highest BCUT2D eigenvalue weighted by Gasteiger charge is 2.32. The van der Waals surface area contributed by atoms with Crippen LogP contribution in [0.2, 0.25) is 10.0 Å². The quantitative estimate of drug-likeness (QED) is 0.367. The molecule has 39 heavy (non-hydrogen) atoms. The molecule has 1 atom stereocenters. The Labute approximate surface area is 239 Å². The lowest BCUT2D eigenvalue weighted by atomic mass is 9.93. The van der Waals surface area contributed by atoms with Gasteiger partial charge in [-0.15, -0.1) is 0 Å². The fourth-order valence-electron chi connectivity index (χ4n) is 5.64. The van der Waals surface area contributed by atoms with Crippen molar-refractivity contribution in [1.29, 1.82) is 0 Å². The maximum atomic E-state index is 13.2. The van der Waals surface area contributed by atoms with Crippen LogP contribution in [0.15, 0.2) is 83.8 Å². The standard InChI is InChI=1S/C30H31Cl2N3O3S/c31-25-11-7-23(8-12-25)29(24-9-13-26(32)14-10-24)35-17-22(18-35)20-39(37,38)19-21-4-3-15-34(16-21)28-6-2-1-5-27(28)30(33)36/h1-2,5-14,20-21,29H,3-4,15-19H2,(H2,33,36). The maximum Gasteiger partial charge on any atom is 0.250 e. The monoisotopic (exact) mass is 583 g/mol. The summed E-state index contributed by atoms with van der Waals surface area (Å²) in [7, 11) is -3.40. The van der Waals surface area contributed by atoms with Gasteiger partial charge in [0.1, 0.15) is 0 Å².